The summed E-state index contributed by atoms with van der Waals surface area (Å²) in [6, 6.07) is 16.4. The van der Waals surface area contributed by atoms with Gasteiger partial charge in [-0.05, 0) is 55.0 Å². The minimum Gasteiger partial charge on any atom is -0.452 e. The number of hydrogen-bond donors (Lipinski definition) is 1. The Morgan fingerprint density at radius 2 is 1.61 bits per heavy atom. The van der Waals surface area contributed by atoms with Crippen LogP contribution in [-0.4, -0.2) is 28.7 Å². The fourth-order valence-corrected chi connectivity index (χ4v) is 3.05. The average molecular weight is 449 g/mol. The quantitative estimate of drug-likeness (QED) is 0.426. The van der Waals surface area contributed by atoms with Gasteiger partial charge in [0.2, 0.25) is 11.8 Å². The molecule has 0 aliphatic heterocycles. The number of hydrogen-bond acceptors (Lipinski definition) is 6. The molecule has 3 aromatic carbocycles. The van der Waals surface area contributed by atoms with Crippen LogP contribution in [0.25, 0.3) is 22.9 Å². The molecule has 1 aromatic heterocycles. The molecule has 33 heavy (non-hydrogen) atoms. The lowest BCUT2D eigenvalue weighted by Crippen LogP contribution is -2.21. The van der Waals surface area contributed by atoms with Crippen molar-refractivity contribution in [2.45, 2.75) is 6.92 Å². The van der Waals surface area contributed by atoms with Crippen LogP contribution in [-0.2, 0) is 9.53 Å². The molecule has 0 saturated carbocycles. The Balaban J connectivity index is 1.36. The zero-order valence-corrected chi connectivity index (χ0v) is 17.3. The summed E-state index contributed by atoms with van der Waals surface area (Å²) in [6.45, 7) is 1.32. The Hall–Kier alpha value is -4.40. The van der Waals surface area contributed by atoms with E-state index >= 15 is 0 Å². The maximum atomic E-state index is 13.2. The summed E-state index contributed by atoms with van der Waals surface area (Å²) in [5, 5.41) is 10.4. The molecule has 0 aliphatic rings. The minimum atomic E-state index is -0.838. The van der Waals surface area contributed by atoms with E-state index < -0.39 is 30.1 Å². The molecule has 4 rings (SSSR count). The number of halogens is 2. The zero-order valence-electron chi connectivity index (χ0n) is 17.3. The van der Waals surface area contributed by atoms with Gasteiger partial charge in [0.1, 0.15) is 11.6 Å². The van der Waals surface area contributed by atoms with Crippen molar-refractivity contribution in [1.82, 2.24) is 10.2 Å². The minimum absolute atomic E-state index is 0.0810. The molecule has 0 saturated heterocycles. The van der Waals surface area contributed by atoms with E-state index in [9.17, 15) is 18.4 Å². The predicted molar refractivity (Wildman–Crippen MR) is 115 cm³/mol. The average Bonchev–Trinajstić information content (AvgIpc) is 3.27. The Labute approximate surface area is 187 Å². The van der Waals surface area contributed by atoms with Gasteiger partial charge in [-0.1, -0.05) is 18.2 Å². The van der Waals surface area contributed by atoms with Crippen molar-refractivity contribution < 1.29 is 27.5 Å². The Bertz CT molecular complexity index is 1300. The molecule has 1 amide bonds. The summed E-state index contributed by atoms with van der Waals surface area (Å²) in [6.07, 6.45) is 0. The molecule has 166 valence electrons. The molecular weight excluding hydrogens is 432 g/mol. The first-order valence-corrected chi connectivity index (χ1v) is 9.82. The summed E-state index contributed by atoms with van der Waals surface area (Å²) in [5.74, 6) is -2.48. The molecule has 9 heteroatoms. The van der Waals surface area contributed by atoms with Crippen LogP contribution >= 0.6 is 0 Å². The van der Waals surface area contributed by atoms with Crippen molar-refractivity contribution in [1.29, 1.82) is 0 Å². The first-order chi connectivity index (χ1) is 15.9. The maximum Gasteiger partial charge on any atom is 0.338 e. The molecule has 0 fully saturated rings. The van der Waals surface area contributed by atoms with Gasteiger partial charge < -0.3 is 14.5 Å². The molecule has 0 atom stereocenters. The molecular formula is C24H17F2N3O4. The highest BCUT2D eigenvalue weighted by Crippen LogP contribution is 2.26. The number of carbonyl (C=O) groups is 2. The number of nitrogens with one attached hydrogen (secondary N) is 1. The fraction of sp³-hybridized carbons (Fsp3) is 0.0833. The van der Waals surface area contributed by atoms with Crippen molar-refractivity contribution >= 4 is 17.6 Å². The largest absolute Gasteiger partial charge is 0.452 e. The maximum absolute atomic E-state index is 13.2. The number of esters is 1. The highest BCUT2D eigenvalue weighted by atomic mass is 19.1. The molecule has 1 N–H and O–H groups in total. The first kappa shape index (κ1) is 21.8. The van der Waals surface area contributed by atoms with Gasteiger partial charge in [-0.15, -0.1) is 10.2 Å². The summed E-state index contributed by atoms with van der Waals surface area (Å²) in [5.41, 5.74) is 2.54. The number of amides is 1. The smallest absolute Gasteiger partial charge is 0.338 e. The number of ether oxygens (including phenoxy) is 1. The van der Waals surface area contributed by atoms with Crippen LogP contribution in [0.5, 0.6) is 0 Å². The zero-order chi connectivity index (χ0) is 23.4. The summed E-state index contributed by atoms with van der Waals surface area (Å²) in [7, 11) is 0. The molecule has 0 bridgehead atoms. The Morgan fingerprint density at radius 1 is 0.939 bits per heavy atom. The van der Waals surface area contributed by atoms with E-state index in [1.807, 2.05) is 31.2 Å². The number of benzene rings is 3. The lowest BCUT2D eigenvalue weighted by molar-refractivity contribution is -0.119. The van der Waals surface area contributed by atoms with Gasteiger partial charge in [0.25, 0.3) is 5.91 Å². The monoisotopic (exact) mass is 449 g/mol. The molecule has 0 aliphatic carbocycles. The van der Waals surface area contributed by atoms with Crippen molar-refractivity contribution in [2.24, 2.45) is 0 Å². The number of anilines is 1. The first-order valence-electron chi connectivity index (χ1n) is 9.82. The third-order valence-corrected chi connectivity index (χ3v) is 4.65. The normalized spacial score (nSPS) is 10.6. The van der Waals surface area contributed by atoms with E-state index in [-0.39, 0.29) is 17.1 Å². The van der Waals surface area contributed by atoms with Crippen molar-refractivity contribution in [3.8, 4) is 22.9 Å². The van der Waals surface area contributed by atoms with E-state index in [1.165, 1.54) is 12.1 Å². The van der Waals surface area contributed by atoms with Crippen LogP contribution in [0.2, 0.25) is 0 Å². The van der Waals surface area contributed by atoms with Gasteiger partial charge in [0.15, 0.2) is 6.61 Å². The number of aromatic nitrogens is 2. The van der Waals surface area contributed by atoms with Gasteiger partial charge in [-0.25, -0.2) is 13.6 Å². The van der Waals surface area contributed by atoms with Gasteiger partial charge >= 0.3 is 5.97 Å². The van der Waals surface area contributed by atoms with Crippen molar-refractivity contribution in [3.05, 3.63) is 89.5 Å². The second-order valence-electron chi connectivity index (χ2n) is 7.09. The number of carbonyl (C=O) groups excluding carboxylic acids is 2. The van der Waals surface area contributed by atoms with E-state index in [2.05, 4.69) is 15.5 Å². The van der Waals surface area contributed by atoms with Gasteiger partial charge in [0.05, 0.1) is 5.56 Å². The third kappa shape index (κ3) is 5.27. The van der Waals surface area contributed by atoms with Gasteiger partial charge in [0, 0.05) is 22.9 Å². The molecule has 0 radical (unpaired) electrons. The van der Waals surface area contributed by atoms with Crippen molar-refractivity contribution in [3.63, 3.8) is 0 Å². The second kappa shape index (κ2) is 9.39. The Kier molecular flexibility index (Phi) is 6.21. The molecule has 7 nitrogen and oxygen atoms in total. The van der Waals surface area contributed by atoms with Crippen LogP contribution < -0.4 is 5.32 Å². The van der Waals surface area contributed by atoms with Gasteiger partial charge in [-0.3, -0.25) is 4.79 Å². The second-order valence-corrected chi connectivity index (χ2v) is 7.09. The van der Waals surface area contributed by atoms with E-state index in [1.54, 1.807) is 12.1 Å². The van der Waals surface area contributed by atoms with Crippen LogP contribution in [0.4, 0.5) is 14.5 Å². The van der Waals surface area contributed by atoms with Crippen molar-refractivity contribution in [2.75, 3.05) is 11.9 Å². The lowest BCUT2D eigenvalue weighted by atomic mass is 10.1. The molecule has 1 heterocycles. The Morgan fingerprint density at radius 3 is 2.30 bits per heavy atom. The molecule has 0 unspecified atom stereocenters. The number of aryl methyl sites for hydroxylation is 1. The van der Waals surface area contributed by atoms with E-state index in [4.69, 9.17) is 9.15 Å². The van der Waals surface area contributed by atoms with Crippen LogP contribution in [0.1, 0.15) is 15.9 Å². The SMILES string of the molecule is Cc1ccccc1-c1nnc(-c2ccc(C(=O)OCC(=O)Nc3cc(F)cc(F)c3)cc2)o1. The summed E-state index contributed by atoms with van der Waals surface area (Å²) in [4.78, 5) is 24.1. The topological polar surface area (TPSA) is 94.3 Å². The summed E-state index contributed by atoms with van der Waals surface area (Å²) >= 11 is 0. The third-order valence-electron chi connectivity index (χ3n) is 4.65. The van der Waals surface area contributed by atoms with Gasteiger partial charge in [-0.2, -0.15) is 0 Å². The summed E-state index contributed by atoms with van der Waals surface area (Å²) < 4.78 is 37.1. The molecule has 4 aromatic rings. The lowest BCUT2D eigenvalue weighted by Gasteiger charge is -2.07. The van der Waals surface area contributed by atoms with E-state index in [0.717, 1.165) is 23.3 Å². The molecule has 0 spiro atoms. The standard InChI is InChI=1S/C24H17F2N3O4/c1-14-4-2-3-5-20(14)23-29-28-22(33-23)15-6-8-16(9-7-15)24(31)32-13-21(30)27-19-11-17(25)10-18(26)12-19/h2-12H,13H2,1H3,(H,27,30). The van der Waals surface area contributed by atoms with Crippen LogP contribution in [0.3, 0.4) is 0 Å². The highest BCUT2D eigenvalue weighted by Gasteiger charge is 2.15. The van der Waals surface area contributed by atoms with Crippen LogP contribution in [0, 0.1) is 18.6 Å². The number of rotatable bonds is 6. The predicted octanol–water partition coefficient (Wildman–Crippen LogP) is 4.79. The van der Waals surface area contributed by atoms with E-state index in [0.29, 0.717) is 17.5 Å². The number of nitrogens with zero attached hydrogens (tertiary/aromatic N) is 2. The fourth-order valence-electron chi connectivity index (χ4n) is 3.05. The van der Waals surface area contributed by atoms with Crippen LogP contribution in [0.15, 0.2) is 71.1 Å². The highest BCUT2D eigenvalue weighted by molar-refractivity contribution is 5.95.